The molecular weight excluding hydrogens is 294 g/mol. The van der Waals surface area contributed by atoms with E-state index in [1.807, 2.05) is 24.3 Å². The zero-order chi connectivity index (χ0) is 14.7. The first-order chi connectivity index (χ1) is 9.49. The Bertz CT molecular complexity index is 556. The predicted molar refractivity (Wildman–Crippen MR) is 84.1 cm³/mol. The summed E-state index contributed by atoms with van der Waals surface area (Å²) in [6.45, 7) is 4.36. The van der Waals surface area contributed by atoms with Crippen molar-refractivity contribution in [3.63, 3.8) is 0 Å². The topological polar surface area (TPSA) is 0 Å². The van der Waals surface area contributed by atoms with E-state index >= 15 is 0 Å². The van der Waals surface area contributed by atoms with Crippen LogP contribution in [0.5, 0.6) is 0 Å². The average Bonchev–Trinajstić information content (AvgIpc) is 2.38. The van der Waals surface area contributed by atoms with Crippen molar-refractivity contribution >= 4 is 23.2 Å². The first-order valence-electron chi connectivity index (χ1n) is 6.66. The Labute approximate surface area is 129 Å². The normalized spacial score (nSPS) is 12.7. The van der Waals surface area contributed by atoms with E-state index in [-0.39, 0.29) is 5.82 Å². The molecular formula is C17H17Cl2F. The minimum atomic E-state index is -0.572. The summed E-state index contributed by atoms with van der Waals surface area (Å²) in [4.78, 5) is 0. The van der Waals surface area contributed by atoms with Gasteiger partial charge in [0.15, 0.2) is 0 Å². The molecule has 1 unspecified atom stereocenters. The molecule has 0 nitrogen and oxygen atoms in total. The Balaban J connectivity index is 2.27. The standard InChI is InChI=1S/C17H17Cl2F/c1-11(2)10-12-6-8-13(9-7-12)17(19)16-14(18)4-3-5-15(16)20/h3-9,11,17H,10H2,1-2H3. The van der Waals surface area contributed by atoms with Crippen molar-refractivity contribution in [3.8, 4) is 0 Å². The van der Waals surface area contributed by atoms with Gasteiger partial charge < -0.3 is 0 Å². The summed E-state index contributed by atoms with van der Waals surface area (Å²) in [5.41, 5.74) is 2.45. The highest BCUT2D eigenvalue weighted by atomic mass is 35.5. The van der Waals surface area contributed by atoms with E-state index in [1.54, 1.807) is 12.1 Å². The highest BCUT2D eigenvalue weighted by Gasteiger charge is 2.18. The van der Waals surface area contributed by atoms with Crippen molar-refractivity contribution in [3.05, 3.63) is 70.0 Å². The molecule has 1 atom stereocenters. The third-order valence-electron chi connectivity index (χ3n) is 3.17. The van der Waals surface area contributed by atoms with Gasteiger partial charge in [-0.15, -0.1) is 11.6 Å². The fourth-order valence-electron chi connectivity index (χ4n) is 2.21. The smallest absolute Gasteiger partial charge is 0.129 e. The molecule has 0 radical (unpaired) electrons. The summed E-state index contributed by atoms with van der Waals surface area (Å²) in [7, 11) is 0. The molecule has 3 heteroatoms. The number of rotatable bonds is 4. The van der Waals surface area contributed by atoms with Crippen molar-refractivity contribution in [2.24, 2.45) is 5.92 Å². The lowest BCUT2D eigenvalue weighted by atomic mass is 9.98. The van der Waals surface area contributed by atoms with E-state index < -0.39 is 5.38 Å². The van der Waals surface area contributed by atoms with Crippen LogP contribution in [-0.4, -0.2) is 0 Å². The quantitative estimate of drug-likeness (QED) is 0.607. The van der Waals surface area contributed by atoms with Gasteiger partial charge in [-0.3, -0.25) is 0 Å². The van der Waals surface area contributed by atoms with Crippen molar-refractivity contribution in [1.29, 1.82) is 0 Å². The lowest BCUT2D eigenvalue weighted by Crippen LogP contribution is -1.99. The van der Waals surface area contributed by atoms with Crippen LogP contribution in [0.1, 0.15) is 35.9 Å². The lowest BCUT2D eigenvalue weighted by Gasteiger charge is -2.14. The molecule has 0 N–H and O–H groups in total. The van der Waals surface area contributed by atoms with Crippen LogP contribution in [0.25, 0.3) is 0 Å². The van der Waals surface area contributed by atoms with E-state index in [0.717, 1.165) is 12.0 Å². The van der Waals surface area contributed by atoms with Gasteiger partial charge in [0.2, 0.25) is 0 Å². The van der Waals surface area contributed by atoms with Gasteiger partial charge in [0.05, 0.1) is 5.38 Å². The first kappa shape index (κ1) is 15.3. The van der Waals surface area contributed by atoms with Crippen LogP contribution in [0.2, 0.25) is 5.02 Å². The second kappa shape index (κ2) is 6.60. The fraction of sp³-hybridized carbons (Fsp3) is 0.294. The van der Waals surface area contributed by atoms with Gasteiger partial charge in [0.25, 0.3) is 0 Å². The van der Waals surface area contributed by atoms with Crippen molar-refractivity contribution in [1.82, 2.24) is 0 Å². The molecule has 0 fully saturated rings. The molecule has 0 aliphatic heterocycles. The molecule has 2 aromatic carbocycles. The predicted octanol–water partition coefficient (Wildman–Crippen LogP) is 6.01. The average molecular weight is 311 g/mol. The highest BCUT2D eigenvalue weighted by molar-refractivity contribution is 6.33. The molecule has 20 heavy (non-hydrogen) atoms. The van der Waals surface area contributed by atoms with Gasteiger partial charge in [-0.1, -0.05) is 55.8 Å². The second-order valence-corrected chi connectivity index (χ2v) is 6.18. The van der Waals surface area contributed by atoms with Crippen LogP contribution < -0.4 is 0 Å². The summed E-state index contributed by atoms with van der Waals surface area (Å²) in [5.74, 6) is 0.234. The number of benzene rings is 2. The summed E-state index contributed by atoms with van der Waals surface area (Å²) in [6, 6.07) is 12.6. The van der Waals surface area contributed by atoms with Crippen LogP contribution in [0, 0.1) is 11.7 Å². The van der Waals surface area contributed by atoms with Gasteiger partial charge >= 0.3 is 0 Å². The molecule has 0 amide bonds. The molecule has 0 bridgehead atoms. The van der Waals surface area contributed by atoms with Crippen LogP contribution in [0.15, 0.2) is 42.5 Å². The summed E-state index contributed by atoms with van der Waals surface area (Å²) < 4.78 is 13.9. The Kier molecular flexibility index (Phi) is 5.06. The number of hydrogen-bond donors (Lipinski definition) is 0. The van der Waals surface area contributed by atoms with Crippen molar-refractivity contribution in [2.45, 2.75) is 25.6 Å². The zero-order valence-electron chi connectivity index (χ0n) is 11.5. The van der Waals surface area contributed by atoms with E-state index in [1.165, 1.54) is 11.6 Å². The van der Waals surface area contributed by atoms with Crippen molar-refractivity contribution in [2.75, 3.05) is 0 Å². The molecule has 0 heterocycles. The monoisotopic (exact) mass is 310 g/mol. The van der Waals surface area contributed by atoms with Crippen molar-refractivity contribution < 1.29 is 4.39 Å². The molecule has 2 rings (SSSR count). The molecule has 106 valence electrons. The maximum atomic E-state index is 13.9. The summed E-state index contributed by atoms with van der Waals surface area (Å²) in [5, 5.41) is -0.215. The van der Waals surface area contributed by atoms with E-state index in [2.05, 4.69) is 13.8 Å². The SMILES string of the molecule is CC(C)Cc1ccc(C(Cl)c2c(F)cccc2Cl)cc1. The van der Waals surface area contributed by atoms with E-state index in [4.69, 9.17) is 23.2 Å². The molecule has 0 aliphatic rings. The largest absolute Gasteiger partial charge is 0.207 e. The third kappa shape index (κ3) is 3.53. The van der Waals surface area contributed by atoms with Crippen LogP contribution in [-0.2, 0) is 6.42 Å². The van der Waals surface area contributed by atoms with E-state index in [9.17, 15) is 4.39 Å². The summed E-state index contributed by atoms with van der Waals surface area (Å²) >= 11 is 12.4. The highest BCUT2D eigenvalue weighted by Crippen LogP contribution is 2.35. The van der Waals surface area contributed by atoms with E-state index in [0.29, 0.717) is 16.5 Å². The zero-order valence-corrected chi connectivity index (χ0v) is 13.0. The Morgan fingerprint density at radius 3 is 2.25 bits per heavy atom. The minimum absolute atomic E-state index is 0.340. The third-order valence-corrected chi connectivity index (χ3v) is 3.97. The minimum Gasteiger partial charge on any atom is -0.207 e. The van der Waals surface area contributed by atoms with Gasteiger partial charge in [-0.05, 0) is 35.6 Å². The van der Waals surface area contributed by atoms with Gasteiger partial charge in [0, 0.05) is 10.6 Å². The Morgan fingerprint density at radius 2 is 1.70 bits per heavy atom. The molecule has 0 saturated carbocycles. The summed E-state index contributed by atoms with van der Waals surface area (Å²) in [6.07, 6.45) is 1.02. The maximum absolute atomic E-state index is 13.9. The van der Waals surface area contributed by atoms with Gasteiger partial charge in [0.1, 0.15) is 5.82 Å². The van der Waals surface area contributed by atoms with Gasteiger partial charge in [-0.2, -0.15) is 0 Å². The van der Waals surface area contributed by atoms with Crippen LogP contribution >= 0.6 is 23.2 Å². The molecule has 2 aromatic rings. The second-order valence-electron chi connectivity index (χ2n) is 5.34. The maximum Gasteiger partial charge on any atom is 0.129 e. The fourth-order valence-corrected chi connectivity index (χ4v) is 2.91. The number of hydrogen-bond acceptors (Lipinski definition) is 0. The molecule has 0 saturated heterocycles. The Morgan fingerprint density at radius 1 is 1.05 bits per heavy atom. The molecule has 0 spiro atoms. The molecule has 0 aromatic heterocycles. The van der Waals surface area contributed by atoms with Crippen LogP contribution in [0.3, 0.4) is 0 Å². The Hall–Kier alpha value is -1.05. The lowest BCUT2D eigenvalue weighted by molar-refractivity contribution is 0.612. The van der Waals surface area contributed by atoms with Gasteiger partial charge in [-0.25, -0.2) is 4.39 Å². The number of halogens is 3. The molecule has 0 aliphatic carbocycles. The first-order valence-corrected chi connectivity index (χ1v) is 7.47. The van der Waals surface area contributed by atoms with Crippen LogP contribution in [0.4, 0.5) is 4.39 Å². The number of alkyl halides is 1.